The van der Waals surface area contributed by atoms with E-state index in [1.54, 1.807) is 25.3 Å². The first-order valence-electron chi connectivity index (χ1n) is 8.73. The Morgan fingerprint density at radius 3 is 2.87 bits per heavy atom. The van der Waals surface area contributed by atoms with Gasteiger partial charge in [-0.3, -0.25) is 9.36 Å². The van der Waals surface area contributed by atoms with E-state index in [0.717, 1.165) is 0 Å². The number of rotatable bonds is 4. The molecule has 3 heterocycles. The van der Waals surface area contributed by atoms with Gasteiger partial charge in [0.05, 0.1) is 16.8 Å². The van der Waals surface area contributed by atoms with Crippen molar-refractivity contribution in [3.63, 3.8) is 0 Å². The van der Waals surface area contributed by atoms with Crippen LogP contribution in [0.5, 0.6) is 0 Å². The summed E-state index contributed by atoms with van der Waals surface area (Å²) in [7, 11) is 0. The highest BCUT2D eigenvalue weighted by molar-refractivity contribution is 6.33. The van der Waals surface area contributed by atoms with Gasteiger partial charge >= 0.3 is 0 Å². The van der Waals surface area contributed by atoms with Gasteiger partial charge in [-0.25, -0.2) is 18.9 Å². The monoisotopic (exact) mass is 424 g/mol. The summed E-state index contributed by atoms with van der Waals surface area (Å²) in [6, 6.07) is 8.42. The van der Waals surface area contributed by atoms with Crippen molar-refractivity contribution in [3.05, 3.63) is 75.4 Å². The Morgan fingerprint density at radius 1 is 1.33 bits per heavy atom. The minimum absolute atomic E-state index is 0.0188. The average Bonchev–Trinajstić information content (AvgIpc) is 3.09. The van der Waals surface area contributed by atoms with Gasteiger partial charge < -0.3 is 11.1 Å². The van der Waals surface area contributed by atoms with Crippen LogP contribution in [-0.2, 0) is 0 Å². The van der Waals surface area contributed by atoms with Crippen LogP contribution in [0.4, 0.5) is 16.0 Å². The van der Waals surface area contributed by atoms with E-state index in [1.165, 1.54) is 33.6 Å². The van der Waals surface area contributed by atoms with E-state index in [9.17, 15) is 14.4 Å². The third kappa shape index (κ3) is 3.21. The number of hydrogen-bond acceptors (Lipinski definition) is 7. The molecule has 150 valence electrons. The number of hydrogen-bond donors (Lipinski definition) is 2. The highest BCUT2D eigenvalue weighted by atomic mass is 35.5. The maximum absolute atomic E-state index is 13.9. The number of fused-ring (bicyclic) bond motifs is 1. The standard InChI is InChI=1S/C19H14ClFN8O/c1-10(26-17-13(8-22)16(23)24-9-25-17)18-27-28-6-5-14(20)15(28)19(30)29(18)12-4-2-3-11(21)7-12/h2-7,9-10H,1H3,(H3,23,24,25,26). The first-order valence-corrected chi connectivity index (χ1v) is 9.11. The van der Waals surface area contributed by atoms with E-state index in [0.29, 0.717) is 0 Å². The molecule has 0 amide bonds. The molecule has 0 radical (unpaired) electrons. The van der Waals surface area contributed by atoms with Crippen LogP contribution in [0.1, 0.15) is 24.4 Å². The number of nitrogens with one attached hydrogen (secondary N) is 1. The molecule has 0 saturated carbocycles. The second-order valence-electron chi connectivity index (χ2n) is 6.40. The van der Waals surface area contributed by atoms with Crippen LogP contribution in [0.2, 0.25) is 5.02 Å². The lowest BCUT2D eigenvalue weighted by Gasteiger charge is -2.20. The van der Waals surface area contributed by atoms with E-state index in [2.05, 4.69) is 20.4 Å². The number of nitriles is 1. The summed E-state index contributed by atoms with van der Waals surface area (Å²) in [5.41, 5.74) is 5.76. The van der Waals surface area contributed by atoms with Crippen LogP contribution in [0, 0.1) is 17.1 Å². The molecule has 1 aromatic carbocycles. The molecule has 1 unspecified atom stereocenters. The Balaban J connectivity index is 1.92. The molecule has 0 bridgehead atoms. The minimum Gasteiger partial charge on any atom is -0.382 e. The summed E-state index contributed by atoms with van der Waals surface area (Å²) in [5.74, 6) is -0.0670. The quantitative estimate of drug-likeness (QED) is 0.515. The first-order chi connectivity index (χ1) is 14.4. The van der Waals surface area contributed by atoms with Gasteiger partial charge in [0.15, 0.2) is 5.82 Å². The lowest BCUT2D eigenvalue weighted by atomic mass is 10.2. The zero-order valence-electron chi connectivity index (χ0n) is 15.5. The van der Waals surface area contributed by atoms with Crippen molar-refractivity contribution in [1.82, 2.24) is 24.1 Å². The molecule has 9 nitrogen and oxygen atoms in total. The maximum Gasteiger partial charge on any atom is 0.284 e. The van der Waals surface area contributed by atoms with Gasteiger partial charge in [0, 0.05) is 6.20 Å². The second-order valence-corrected chi connectivity index (χ2v) is 6.80. The molecule has 1 atom stereocenters. The lowest BCUT2D eigenvalue weighted by Crippen LogP contribution is -2.29. The smallest absolute Gasteiger partial charge is 0.284 e. The van der Waals surface area contributed by atoms with Crippen LogP contribution in [-0.4, -0.2) is 24.1 Å². The summed E-state index contributed by atoms with van der Waals surface area (Å²) in [6.45, 7) is 1.72. The van der Waals surface area contributed by atoms with Crippen molar-refractivity contribution in [3.8, 4) is 11.8 Å². The fourth-order valence-corrected chi connectivity index (χ4v) is 3.30. The van der Waals surface area contributed by atoms with Gasteiger partial charge in [-0.1, -0.05) is 17.7 Å². The van der Waals surface area contributed by atoms with Crippen LogP contribution in [0.3, 0.4) is 0 Å². The zero-order valence-corrected chi connectivity index (χ0v) is 16.3. The Kier molecular flexibility index (Phi) is 4.81. The van der Waals surface area contributed by atoms with Crippen molar-refractivity contribution >= 4 is 28.8 Å². The molecule has 0 fully saturated rings. The highest BCUT2D eigenvalue weighted by Gasteiger charge is 2.22. The van der Waals surface area contributed by atoms with Crippen LogP contribution < -0.4 is 16.6 Å². The maximum atomic E-state index is 13.9. The van der Waals surface area contributed by atoms with Gasteiger partial charge in [-0.15, -0.1) is 0 Å². The molecular weight excluding hydrogens is 411 g/mol. The predicted octanol–water partition coefficient (Wildman–Crippen LogP) is 2.69. The molecular formula is C19H14ClFN8O. The number of nitrogens with zero attached hydrogens (tertiary/aromatic N) is 6. The number of nitrogens with two attached hydrogens (primary N) is 1. The fraction of sp³-hybridized carbons (Fsp3) is 0.105. The third-order valence-electron chi connectivity index (χ3n) is 4.46. The third-order valence-corrected chi connectivity index (χ3v) is 4.76. The van der Waals surface area contributed by atoms with E-state index in [4.69, 9.17) is 17.3 Å². The molecule has 0 aliphatic rings. The molecule has 3 N–H and O–H groups in total. The van der Waals surface area contributed by atoms with Gasteiger partial charge in [0.1, 0.15) is 40.9 Å². The molecule has 4 rings (SSSR count). The first kappa shape index (κ1) is 19.4. The topological polar surface area (TPSA) is 127 Å². The summed E-state index contributed by atoms with van der Waals surface area (Å²) >= 11 is 6.16. The van der Waals surface area contributed by atoms with Gasteiger partial charge in [-0.05, 0) is 31.2 Å². The molecule has 0 saturated heterocycles. The summed E-state index contributed by atoms with van der Waals surface area (Å²) in [6.07, 6.45) is 2.77. The van der Waals surface area contributed by atoms with Crippen LogP contribution in [0.15, 0.2) is 47.7 Å². The number of anilines is 2. The van der Waals surface area contributed by atoms with E-state index >= 15 is 0 Å². The molecule has 0 aliphatic heterocycles. The number of benzene rings is 1. The summed E-state index contributed by atoms with van der Waals surface area (Å²) in [4.78, 5) is 21.1. The SMILES string of the molecule is CC(Nc1ncnc(N)c1C#N)c1nn2ccc(Cl)c2c(=O)n1-c1cccc(F)c1. The summed E-state index contributed by atoms with van der Waals surface area (Å²) < 4.78 is 16.5. The van der Waals surface area contributed by atoms with Crippen molar-refractivity contribution in [1.29, 1.82) is 5.26 Å². The number of halogens is 2. The molecule has 3 aromatic heterocycles. The normalized spacial score (nSPS) is 11.9. The number of aromatic nitrogens is 5. The largest absolute Gasteiger partial charge is 0.382 e. The van der Waals surface area contributed by atoms with Crippen molar-refractivity contribution in [2.75, 3.05) is 11.1 Å². The minimum atomic E-state index is -0.632. The molecule has 4 aromatic rings. The second kappa shape index (κ2) is 7.46. The molecule has 30 heavy (non-hydrogen) atoms. The van der Waals surface area contributed by atoms with Crippen LogP contribution >= 0.6 is 11.6 Å². The van der Waals surface area contributed by atoms with Crippen molar-refractivity contribution in [2.45, 2.75) is 13.0 Å². The predicted molar refractivity (Wildman–Crippen MR) is 109 cm³/mol. The van der Waals surface area contributed by atoms with Gasteiger partial charge in [0.2, 0.25) is 0 Å². The lowest BCUT2D eigenvalue weighted by molar-refractivity contribution is 0.622. The average molecular weight is 425 g/mol. The Hall–Kier alpha value is -3.97. The Morgan fingerprint density at radius 2 is 2.13 bits per heavy atom. The fourth-order valence-electron chi connectivity index (χ4n) is 3.08. The van der Waals surface area contributed by atoms with E-state index in [-0.39, 0.29) is 39.3 Å². The molecule has 0 aliphatic carbocycles. The highest BCUT2D eigenvalue weighted by Crippen LogP contribution is 2.24. The van der Waals surface area contributed by atoms with Crippen molar-refractivity contribution in [2.24, 2.45) is 0 Å². The molecule has 11 heteroatoms. The van der Waals surface area contributed by atoms with E-state index in [1.807, 2.05) is 6.07 Å². The van der Waals surface area contributed by atoms with Gasteiger partial charge in [-0.2, -0.15) is 10.4 Å². The van der Waals surface area contributed by atoms with Crippen molar-refractivity contribution < 1.29 is 4.39 Å². The zero-order chi connectivity index (χ0) is 21.4. The van der Waals surface area contributed by atoms with Gasteiger partial charge in [0.25, 0.3) is 5.56 Å². The van der Waals surface area contributed by atoms with Crippen LogP contribution in [0.25, 0.3) is 11.2 Å². The Labute approximate surface area is 174 Å². The van der Waals surface area contributed by atoms with E-state index < -0.39 is 17.4 Å². The number of nitrogen functional groups attached to an aromatic ring is 1. The summed E-state index contributed by atoms with van der Waals surface area (Å²) in [5, 5.41) is 17.1. The molecule has 0 spiro atoms. The Bertz CT molecular complexity index is 1370.